The lowest BCUT2D eigenvalue weighted by Crippen LogP contribution is -2.52. The van der Waals surface area contributed by atoms with E-state index in [1.165, 1.54) is 12.3 Å². The summed E-state index contributed by atoms with van der Waals surface area (Å²) >= 11 is 0. The van der Waals surface area contributed by atoms with E-state index in [4.69, 9.17) is 9.26 Å². The van der Waals surface area contributed by atoms with Crippen LogP contribution in [-0.2, 0) is 9.53 Å². The summed E-state index contributed by atoms with van der Waals surface area (Å²) in [6.07, 6.45) is 3.16. The van der Waals surface area contributed by atoms with Crippen LogP contribution in [0.15, 0.2) is 16.9 Å². The topological polar surface area (TPSA) is 84.7 Å². The van der Waals surface area contributed by atoms with Crippen LogP contribution in [0.1, 0.15) is 29.8 Å². The first kappa shape index (κ1) is 14.5. The smallest absolute Gasteiger partial charge is 0.276 e. The quantitative estimate of drug-likeness (QED) is 0.846. The molecule has 1 fully saturated rings. The second-order valence-electron chi connectivity index (χ2n) is 4.95. The lowest BCUT2D eigenvalue weighted by Gasteiger charge is -2.37. The van der Waals surface area contributed by atoms with E-state index >= 15 is 0 Å². The summed E-state index contributed by atoms with van der Waals surface area (Å²) in [7, 11) is 3.16. The van der Waals surface area contributed by atoms with E-state index in [1.807, 2.05) is 0 Å². The van der Waals surface area contributed by atoms with E-state index in [9.17, 15) is 9.59 Å². The molecule has 0 spiro atoms. The number of methoxy groups -OCH3 is 1. The molecule has 7 heteroatoms. The fourth-order valence-electron chi connectivity index (χ4n) is 2.76. The molecule has 1 aromatic heterocycles. The molecular weight excluding hydrogens is 262 g/mol. The van der Waals surface area contributed by atoms with Crippen LogP contribution in [-0.4, -0.2) is 54.7 Å². The molecule has 1 aromatic rings. The molecule has 20 heavy (non-hydrogen) atoms. The van der Waals surface area contributed by atoms with Crippen LogP contribution in [0.3, 0.4) is 0 Å². The maximum absolute atomic E-state index is 12.5. The van der Waals surface area contributed by atoms with Crippen LogP contribution in [0.5, 0.6) is 0 Å². The number of hydrogen-bond acceptors (Lipinski definition) is 5. The highest BCUT2D eigenvalue weighted by Gasteiger charge is 2.45. The number of likely N-dealkylation sites (tertiary alicyclic amines) is 1. The highest BCUT2D eigenvalue weighted by atomic mass is 16.5. The van der Waals surface area contributed by atoms with Crippen molar-refractivity contribution in [1.82, 2.24) is 15.4 Å². The molecule has 0 bridgehead atoms. The third kappa shape index (κ3) is 2.67. The van der Waals surface area contributed by atoms with Gasteiger partial charge in [0, 0.05) is 26.8 Å². The standard InChI is InChI=1S/C13H19N3O4/c1-14-11(17)8-13(9-19-2)5-3-6-16(13)12(18)10-4-7-20-15-10/h4,7H,3,5-6,8-9H2,1-2H3,(H,14,17)/t13-/m0/s1. The number of carbonyl (C=O) groups is 2. The fraction of sp³-hybridized carbons (Fsp3) is 0.615. The van der Waals surface area contributed by atoms with Gasteiger partial charge in [0.2, 0.25) is 5.91 Å². The van der Waals surface area contributed by atoms with Crippen LogP contribution < -0.4 is 5.32 Å². The molecule has 0 aromatic carbocycles. The van der Waals surface area contributed by atoms with Gasteiger partial charge in [0.25, 0.3) is 5.91 Å². The van der Waals surface area contributed by atoms with Gasteiger partial charge in [-0.3, -0.25) is 9.59 Å². The molecule has 1 aliphatic rings. The molecular formula is C13H19N3O4. The van der Waals surface area contributed by atoms with E-state index in [2.05, 4.69) is 10.5 Å². The van der Waals surface area contributed by atoms with Gasteiger partial charge in [-0.05, 0) is 12.8 Å². The van der Waals surface area contributed by atoms with E-state index in [0.29, 0.717) is 13.2 Å². The predicted octanol–water partition coefficient (Wildman–Crippen LogP) is 0.432. The van der Waals surface area contributed by atoms with E-state index in [1.54, 1.807) is 19.1 Å². The molecule has 0 saturated carbocycles. The van der Waals surface area contributed by atoms with Gasteiger partial charge in [-0.1, -0.05) is 5.16 Å². The van der Waals surface area contributed by atoms with Crippen molar-refractivity contribution in [2.75, 3.05) is 27.3 Å². The number of carbonyl (C=O) groups excluding carboxylic acids is 2. The van der Waals surface area contributed by atoms with Gasteiger partial charge in [0.05, 0.1) is 18.6 Å². The Kier molecular flexibility index (Phi) is 4.39. The van der Waals surface area contributed by atoms with Crippen LogP contribution in [0.2, 0.25) is 0 Å². The first-order valence-corrected chi connectivity index (χ1v) is 6.55. The number of ether oxygens (including phenoxy) is 1. The van der Waals surface area contributed by atoms with E-state index in [0.717, 1.165) is 12.8 Å². The third-order valence-corrected chi connectivity index (χ3v) is 3.68. The lowest BCUT2D eigenvalue weighted by atomic mass is 9.92. The minimum absolute atomic E-state index is 0.109. The minimum atomic E-state index is -0.606. The molecule has 2 amide bonds. The SMILES string of the molecule is CNC(=O)C[C@]1(COC)CCCN1C(=O)c1ccon1. The number of nitrogens with zero attached hydrogens (tertiary/aromatic N) is 2. The third-order valence-electron chi connectivity index (χ3n) is 3.68. The average molecular weight is 281 g/mol. The van der Waals surface area contributed by atoms with Crippen molar-refractivity contribution < 1.29 is 18.8 Å². The van der Waals surface area contributed by atoms with Crippen LogP contribution in [0, 0.1) is 0 Å². The zero-order chi connectivity index (χ0) is 14.6. The molecule has 2 rings (SSSR count). The number of amides is 2. The largest absolute Gasteiger partial charge is 0.382 e. The molecule has 2 heterocycles. The minimum Gasteiger partial charge on any atom is -0.382 e. The van der Waals surface area contributed by atoms with E-state index in [-0.39, 0.29) is 23.9 Å². The summed E-state index contributed by atoms with van der Waals surface area (Å²) in [5.41, 5.74) is -0.352. The molecule has 110 valence electrons. The lowest BCUT2D eigenvalue weighted by molar-refractivity contribution is -0.123. The van der Waals surface area contributed by atoms with Gasteiger partial charge < -0.3 is 19.5 Å². The molecule has 0 aliphatic carbocycles. The normalized spacial score (nSPS) is 22.0. The summed E-state index contributed by atoms with van der Waals surface area (Å²) in [5.74, 6) is -0.334. The average Bonchev–Trinajstić information content (AvgIpc) is 3.08. The Bertz CT molecular complexity index is 474. The highest BCUT2D eigenvalue weighted by Crippen LogP contribution is 2.34. The Morgan fingerprint density at radius 1 is 1.60 bits per heavy atom. The van der Waals surface area contributed by atoms with Gasteiger partial charge >= 0.3 is 0 Å². The Morgan fingerprint density at radius 3 is 3.00 bits per heavy atom. The maximum atomic E-state index is 12.5. The van der Waals surface area contributed by atoms with Gasteiger partial charge in [0.15, 0.2) is 5.69 Å². The number of nitrogens with one attached hydrogen (secondary N) is 1. The Balaban J connectivity index is 2.24. The summed E-state index contributed by atoms with van der Waals surface area (Å²) in [6, 6.07) is 1.53. The zero-order valence-corrected chi connectivity index (χ0v) is 11.7. The summed E-state index contributed by atoms with van der Waals surface area (Å²) in [6.45, 7) is 0.913. The van der Waals surface area contributed by atoms with Crippen LogP contribution in [0.25, 0.3) is 0 Å². The number of rotatable bonds is 5. The zero-order valence-electron chi connectivity index (χ0n) is 11.7. The summed E-state index contributed by atoms with van der Waals surface area (Å²) in [5, 5.41) is 6.28. The van der Waals surface area contributed by atoms with Crippen molar-refractivity contribution in [3.8, 4) is 0 Å². The van der Waals surface area contributed by atoms with Gasteiger partial charge in [-0.25, -0.2) is 0 Å². The predicted molar refractivity (Wildman–Crippen MR) is 70.1 cm³/mol. The molecule has 1 atom stereocenters. The first-order chi connectivity index (χ1) is 9.63. The van der Waals surface area contributed by atoms with Crippen molar-refractivity contribution in [2.45, 2.75) is 24.8 Å². The molecule has 0 radical (unpaired) electrons. The van der Waals surface area contributed by atoms with Crippen molar-refractivity contribution in [1.29, 1.82) is 0 Å². The second-order valence-corrected chi connectivity index (χ2v) is 4.95. The maximum Gasteiger partial charge on any atom is 0.276 e. The second kappa shape index (κ2) is 6.04. The van der Waals surface area contributed by atoms with Crippen molar-refractivity contribution >= 4 is 11.8 Å². The summed E-state index contributed by atoms with van der Waals surface area (Å²) in [4.78, 5) is 25.9. The molecule has 0 unspecified atom stereocenters. The molecule has 1 aliphatic heterocycles. The van der Waals surface area contributed by atoms with Gasteiger partial charge in [-0.15, -0.1) is 0 Å². The van der Waals surface area contributed by atoms with Gasteiger partial charge in [0.1, 0.15) is 6.26 Å². The fourth-order valence-corrected chi connectivity index (χ4v) is 2.76. The summed E-state index contributed by atoms with van der Waals surface area (Å²) < 4.78 is 9.97. The molecule has 1 saturated heterocycles. The van der Waals surface area contributed by atoms with Gasteiger partial charge in [-0.2, -0.15) is 0 Å². The Hall–Kier alpha value is -1.89. The Labute approximate surface area is 117 Å². The number of aromatic nitrogens is 1. The van der Waals surface area contributed by atoms with Crippen molar-refractivity contribution in [3.63, 3.8) is 0 Å². The number of hydrogen-bond donors (Lipinski definition) is 1. The molecule has 7 nitrogen and oxygen atoms in total. The van der Waals surface area contributed by atoms with Crippen LogP contribution >= 0.6 is 0 Å². The van der Waals surface area contributed by atoms with Crippen molar-refractivity contribution in [3.05, 3.63) is 18.0 Å². The van der Waals surface area contributed by atoms with Crippen LogP contribution in [0.4, 0.5) is 0 Å². The monoisotopic (exact) mass is 281 g/mol. The highest BCUT2D eigenvalue weighted by molar-refractivity contribution is 5.93. The first-order valence-electron chi connectivity index (χ1n) is 6.55. The molecule has 1 N–H and O–H groups in total. The van der Waals surface area contributed by atoms with Crippen molar-refractivity contribution in [2.24, 2.45) is 0 Å². The van der Waals surface area contributed by atoms with E-state index < -0.39 is 5.54 Å². The Morgan fingerprint density at radius 2 is 2.40 bits per heavy atom.